The Morgan fingerprint density at radius 2 is 0.673 bits per heavy atom. The van der Waals surface area contributed by atoms with Gasteiger partial charge in [0.05, 0.1) is 0 Å². The summed E-state index contributed by atoms with van der Waals surface area (Å²) in [6.07, 6.45) is 32.4. The van der Waals surface area contributed by atoms with Gasteiger partial charge < -0.3 is 14.2 Å². The second-order valence-corrected chi connectivity index (χ2v) is 15.6. The minimum absolute atomic E-state index is 0.0662. The molecule has 0 heterocycles. The Labute approximate surface area is 304 Å². The van der Waals surface area contributed by atoms with Crippen molar-refractivity contribution in [1.82, 2.24) is 0 Å². The first-order valence-corrected chi connectivity index (χ1v) is 21.2. The van der Waals surface area contributed by atoms with Crippen LogP contribution in [-0.4, -0.2) is 37.2 Å². The average molecular weight is 695 g/mol. The summed E-state index contributed by atoms with van der Waals surface area (Å²) in [4.78, 5) is 37.5. The summed E-state index contributed by atoms with van der Waals surface area (Å²) < 4.78 is 16.6. The molecule has 0 saturated carbocycles. The number of carbonyl (C=O) groups is 3. The van der Waals surface area contributed by atoms with Crippen LogP contribution in [0.25, 0.3) is 0 Å². The second kappa shape index (κ2) is 36.2. The Morgan fingerprint density at radius 1 is 0.388 bits per heavy atom. The average Bonchev–Trinajstić information content (AvgIpc) is 3.06. The third-order valence-electron chi connectivity index (χ3n) is 9.47. The maximum absolute atomic E-state index is 12.6. The van der Waals surface area contributed by atoms with Crippen LogP contribution >= 0.6 is 0 Å². The molecule has 0 fully saturated rings. The summed E-state index contributed by atoms with van der Waals surface area (Å²) in [5, 5.41) is 0. The number of hydrogen-bond donors (Lipinski definition) is 0. The summed E-state index contributed by atoms with van der Waals surface area (Å²) in [6.45, 7) is 11.2. The Kier molecular flexibility index (Phi) is 35.0. The first-order chi connectivity index (χ1) is 23.7. The standard InChI is InChI=1S/C43H82O6/c1-6-7-8-9-10-11-12-18-23-28-33-41(44)47-36-40(37-48-42(45)34-29-24-20-15-17-22-27-32-39(4)5)49-43(46)35-30-25-19-14-13-16-21-26-31-38(2)3/h38-40H,6-37H2,1-5H3/t40-/m1/s1. The molecule has 0 aromatic rings. The summed E-state index contributed by atoms with van der Waals surface area (Å²) in [7, 11) is 0. The van der Waals surface area contributed by atoms with E-state index in [0.717, 1.165) is 69.6 Å². The predicted octanol–water partition coefficient (Wildman–Crippen LogP) is 13.0. The number of hydrogen-bond acceptors (Lipinski definition) is 6. The van der Waals surface area contributed by atoms with Crippen LogP contribution in [0.4, 0.5) is 0 Å². The molecule has 0 aliphatic rings. The zero-order valence-corrected chi connectivity index (χ0v) is 33.3. The maximum Gasteiger partial charge on any atom is 0.306 e. The summed E-state index contributed by atoms with van der Waals surface area (Å²) >= 11 is 0. The molecule has 6 nitrogen and oxygen atoms in total. The maximum atomic E-state index is 12.6. The van der Waals surface area contributed by atoms with E-state index in [2.05, 4.69) is 34.6 Å². The van der Waals surface area contributed by atoms with Crippen LogP contribution < -0.4 is 0 Å². The Hall–Kier alpha value is -1.59. The highest BCUT2D eigenvalue weighted by molar-refractivity contribution is 5.71. The van der Waals surface area contributed by atoms with E-state index in [-0.39, 0.29) is 31.1 Å². The minimum Gasteiger partial charge on any atom is -0.462 e. The Bertz CT molecular complexity index is 749. The molecular weight excluding hydrogens is 612 g/mol. The van der Waals surface area contributed by atoms with Gasteiger partial charge in [0.1, 0.15) is 13.2 Å². The number of esters is 3. The van der Waals surface area contributed by atoms with Crippen molar-refractivity contribution in [2.24, 2.45) is 11.8 Å². The van der Waals surface area contributed by atoms with Gasteiger partial charge in [0, 0.05) is 19.3 Å². The van der Waals surface area contributed by atoms with Crippen molar-refractivity contribution in [2.75, 3.05) is 13.2 Å². The third-order valence-corrected chi connectivity index (χ3v) is 9.47. The van der Waals surface area contributed by atoms with E-state index in [1.165, 1.54) is 116 Å². The summed E-state index contributed by atoms with van der Waals surface area (Å²) in [5.74, 6) is 0.708. The van der Waals surface area contributed by atoms with E-state index in [1.54, 1.807) is 0 Å². The van der Waals surface area contributed by atoms with E-state index < -0.39 is 6.10 Å². The van der Waals surface area contributed by atoms with Crippen LogP contribution in [0, 0.1) is 11.8 Å². The van der Waals surface area contributed by atoms with Crippen molar-refractivity contribution in [2.45, 2.75) is 233 Å². The second-order valence-electron chi connectivity index (χ2n) is 15.6. The largest absolute Gasteiger partial charge is 0.462 e. The molecule has 0 aromatic heterocycles. The highest BCUT2D eigenvalue weighted by Crippen LogP contribution is 2.16. The van der Waals surface area contributed by atoms with E-state index >= 15 is 0 Å². The zero-order chi connectivity index (χ0) is 36.2. The number of unbranched alkanes of at least 4 members (excludes halogenated alkanes) is 22. The quantitative estimate of drug-likeness (QED) is 0.0366. The monoisotopic (exact) mass is 695 g/mol. The van der Waals surface area contributed by atoms with Crippen LogP contribution in [0.15, 0.2) is 0 Å². The van der Waals surface area contributed by atoms with Crippen molar-refractivity contribution >= 4 is 17.9 Å². The molecule has 0 rings (SSSR count). The van der Waals surface area contributed by atoms with Crippen LogP contribution in [-0.2, 0) is 28.6 Å². The highest BCUT2D eigenvalue weighted by atomic mass is 16.6. The highest BCUT2D eigenvalue weighted by Gasteiger charge is 2.19. The lowest BCUT2D eigenvalue weighted by molar-refractivity contribution is -0.167. The van der Waals surface area contributed by atoms with Crippen LogP contribution in [0.1, 0.15) is 227 Å². The number of rotatable bonds is 37. The van der Waals surface area contributed by atoms with Gasteiger partial charge in [0.25, 0.3) is 0 Å². The summed E-state index contributed by atoms with van der Waals surface area (Å²) in [6, 6.07) is 0. The van der Waals surface area contributed by atoms with Gasteiger partial charge >= 0.3 is 17.9 Å². The van der Waals surface area contributed by atoms with Gasteiger partial charge in [-0.05, 0) is 31.1 Å². The molecule has 1 atom stereocenters. The minimum atomic E-state index is -0.759. The van der Waals surface area contributed by atoms with E-state index in [1.807, 2.05) is 0 Å². The molecule has 49 heavy (non-hydrogen) atoms. The molecular formula is C43H82O6. The van der Waals surface area contributed by atoms with Gasteiger partial charge in [-0.1, -0.05) is 189 Å². The third kappa shape index (κ3) is 37.5. The first kappa shape index (κ1) is 47.4. The predicted molar refractivity (Wildman–Crippen MR) is 206 cm³/mol. The van der Waals surface area contributed by atoms with Crippen LogP contribution in [0.2, 0.25) is 0 Å². The summed E-state index contributed by atoms with van der Waals surface area (Å²) in [5.41, 5.74) is 0. The molecule has 6 heteroatoms. The van der Waals surface area contributed by atoms with Crippen molar-refractivity contribution in [3.63, 3.8) is 0 Å². The fourth-order valence-electron chi connectivity index (χ4n) is 6.22. The number of carbonyl (C=O) groups excluding carboxylic acids is 3. The normalized spacial score (nSPS) is 12.1. The molecule has 0 aliphatic carbocycles. The zero-order valence-electron chi connectivity index (χ0n) is 33.3. The van der Waals surface area contributed by atoms with Gasteiger partial charge in [-0.3, -0.25) is 14.4 Å². The topological polar surface area (TPSA) is 78.9 Å². The molecule has 0 bridgehead atoms. The van der Waals surface area contributed by atoms with E-state index in [0.29, 0.717) is 19.3 Å². The van der Waals surface area contributed by atoms with Crippen LogP contribution in [0.3, 0.4) is 0 Å². The lowest BCUT2D eigenvalue weighted by atomic mass is 10.0. The molecule has 290 valence electrons. The lowest BCUT2D eigenvalue weighted by Gasteiger charge is -2.18. The van der Waals surface area contributed by atoms with Gasteiger partial charge in [-0.2, -0.15) is 0 Å². The Balaban J connectivity index is 4.36. The van der Waals surface area contributed by atoms with Gasteiger partial charge in [-0.15, -0.1) is 0 Å². The van der Waals surface area contributed by atoms with E-state index in [9.17, 15) is 14.4 Å². The van der Waals surface area contributed by atoms with Crippen molar-refractivity contribution in [1.29, 1.82) is 0 Å². The molecule has 0 saturated heterocycles. The Morgan fingerprint density at radius 3 is 1.00 bits per heavy atom. The molecule has 0 amide bonds. The molecule has 0 N–H and O–H groups in total. The fraction of sp³-hybridized carbons (Fsp3) is 0.930. The van der Waals surface area contributed by atoms with E-state index in [4.69, 9.17) is 14.2 Å². The molecule has 0 radical (unpaired) electrons. The van der Waals surface area contributed by atoms with Crippen molar-refractivity contribution in [3.8, 4) is 0 Å². The molecule has 0 aromatic carbocycles. The van der Waals surface area contributed by atoms with Gasteiger partial charge in [-0.25, -0.2) is 0 Å². The lowest BCUT2D eigenvalue weighted by Crippen LogP contribution is -2.30. The molecule has 0 aliphatic heterocycles. The number of ether oxygens (including phenoxy) is 3. The van der Waals surface area contributed by atoms with Crippen molar-refractivity contribution in [3.05, 3.63) is 0 Å². The fourth-order valence-corrected chi connectivity index (χ4v) is 6.22. The smallest absolute Gasteiger partial charge is 0.306 e. The van der Waals surface area contributed by atoms with Gasteiger partial charge in [0.2, 0.25) is 0 Å². The molecule has 0 spiro atoms. The van der Waals surface area contributed by atoms with Crippen molar-refractivity contribution < 1.29 is 28.6 Å². The molecule has 0 unspecified atom stereocenters. The van der Waals surface area contributed by atoms with Crippen LogP contribution in [0.5, 0.6) is 0 Å². The first-order valence-electron chi connectivity index (χ1n) is 21.2. The SMILES string of the molecule is CCCCCCCCCCCCC(=O)OC[C@H](COC(=O)CCCCCCCCCC(C)C)OC(=O)CCCCCCCCCCC(C)C. The van der Waals surface area contributed by atoms with Gasteiger partial charge in [0.15, 0.2) is 6.10 Å².